The van der Waals surface area contributed by atoms with E-state index in [1.54, 1.807) is 0 Å². The van der Waals surface area contributed by atoms with Gasteiger partial charge in [-0.3, -0.25) is 0 Å². The minimum atomic E-state index is 0.0686. The molecule has 0 unspecified atom stereocenters. The van der Waals surface area contributed by atoms with E-state index in [2.05, 4.69) is 5.32 Å². The Kier molecular flexibility index (Phi) is 3.89. The molecule has 5 heteroatoms. The topological polar surface area (TPSA) is 77.4 Å². The molecule has 0 saturated heterocycles. The van der Waals surface area contributed by atoms with Gasteiger partial charge < -0.3 is 5.32 Å². The molecule has 1 aliphatic carbocycles. The van der Waals surface area contributed by atoms with E-state index in [1.165, 1.54) is 17.5 Å². The van der Waals surface area contributed by atoms with Crippen LogP contribution in [0.4, 0.5) is 0 Å². The summed E-state index contributed by atoms with van der Waals surface area (Å²) >= 11 is 0. The number of allylic oxidation sites excluding steroid dienone is 1. The summed E-state index contributed by atoms with van der Waals surface area (Å²) in [5.74, 6) is 0. The van der Waals surface area contributed by atoms with Crippen LogP contribution >= 0.6 is 0 Å². The minimum Gasteiger partial charge on any atom is -0.384 e. The van der Waals surface area contributed by atoms with Gasteiger partial charge in [0.25, 0.3) is 0 Å². The van der Waals surface area contributed by atoms with Crippen molar-refractivity contribution >= 4 is 0 Å². The van der Waals surface area contributed by atoms with Crippen molar-refractivity contribution in [3.05, 3.63) is 59.1 Å². The zero-order valence-corrected chi connectivity index (χ0v) is 12.1. The van der Waals surface area contributed by atoms with Crippen molar-refractivity contribution in [2.75, 3.05) is 0 Å². The SMILES string of the molecule is N#CC(C#N)=CNCc1nn(-c2ccccc2)c2c1CCC2. The van der Waals surface area contributed by atoms with Crippen molar-refractivity contribution in [3.8, 4) is 17.8 Å². The maximum absolute atomic E-state index is 8.73. The van der Waals surface area contributed by atoms with Crippen LogP contribution in [-0.2, 0) is 19.4 Å². The quantitative estimate of drug-likeness (QED) is 0.877. The van der Waals surface area contributed by atoms with E-state index in [-0.39, 0.29) is 5.57 Å². The lowest BCUT2D eigenvalue weighted by Gasteiger charge is -2.04. The summed E-state index contributed by atoms with van der Waals surface area (Å²) in [6.07, 6.45) is 4.66. The molecule has 1 aromatic heterocycles. The number of nitrogens with zero attached hydrogens (tertiary/aromatic N) is 4. The third kappa shape index (κ3) is 2.57. The van der Waals surface area contributed by atoms with Crippen LogP contribution in [0.1, 0.15) is 23.4 Å². The van der Waals surface area contributed by atoms with Gasteiger partial charge in [-0.2, -0.15) is 15.6 Å². The van der Waals surface area contributed by atoms with Gasteiger partial charge in [-0.15, -0.1) is 0 Å². The van der Waals surface area contributed by atoms with Crippen molar-refractivity contribution in [2.45, 2.75) is 25.8 Å². The number of nitriles is 2. The fourth-order valence-electron chi connectivity index (χ4n) is 2.78. The van der Waals surface area contributed by atoms with Crippen molar-refractivity contribution in [1.82, 2.24) is 15.1 Å². The smallest absolute Gasteiger partial charge is 0.145 e. The first-order chi connectivity index (χ1) is 10.8. The predicted molar refractivity (Wildman–Crippen MR) is 81.7 cm³/mol. The summed E-state index contributed by atoms with van der Waals surface area (Å²) in [6.45, 7) is 0.523. The minimum absolute atomic E-state index is 0.0686. The molecule has 0 amide bonds. The van der Waals surface area contributed by atoms with Gasteiger partial charge in [0.05, 0.1) is 17.9 Å². The van der Waals surface area contributed by atoms with E-state index in [4.69, 9.17) is 15.6 Å². The Morgan fingerprint density at radius 2 is 2.00 bits per heavy atom. The molecule has 0 saturated carbocycles. The average molecular weight is 289 g/mol. The largest absolute Gasteiger partial charge is 0.384 e. The molecule has 0 spiro atoms. The fraction of sp³-hybridized carbons (Fsp3) is 0.235. The highest BCUT2D eigenvalue weighted by atomic mass is 15.3. The van der Waals surface area contributed by atoms with Gasteiger partial charge in [0.1, 0.15) is 17.7 Å². The van der Waals surface area contributed by atoms with Crippen molar-refractivity contribution < 1.29 is 0 Å². The molecular weight excluding hydrogens is 274 g/mol. The van der Waals surface area contributed by atoms with Gasteiger partial charge in [0.2, 0.25) is 0 Å². The Balaban J connectivity index is 1.87. The molecule has 0 fully saturated rings. The Bertz CT molecular complexity index is 771. The molecule has 1 aromatic carbocycles. The van der Waals surface area contributed by atoms with E-state index >= 15 is 0 Å². The standard InChI is InChI=1S/C17H15N5/c18-9-13(10-19)11-20-12-16-15-7-4-8-17(15)22(21-16)14-5-2-1-3-6-14/h1-3,5-6,11,20H,4,7-8,12H2. The normalized spacial score (nSPS) is 12.1. The molecule has 1 aliphatic rings. The second kappa shape index (κ2) is 6.15. The van der Waals surface area contributed by atoms with Gasteiger partial charge in [-0.05, 0) is 37.0 Å². The number of fused-ring (bicyclic) bond motifs is 1. The lowest BCUT2D eigenvalue weighted by molar-refractivity contribution is 0.735. The molecule has 0 radical (unpaired) electrons. The number of rotatable bonds is 4. The summed E-state index contributed by atoms with van der Waals surface area (Å²) in [4.78, 5) is 0. The predicted octanol–water partition coefficient (Wildman–Crippen LogP) is 2.38. The third-order valence-corrected chi connectivity index (χ3v) is 3.77. The average Bonchev–Trinajstić information content (AvgIpc) is 3.16. The van der Waals surface area contributed by atoms with Gasteiger partial charge >= 0.3 is 0 Å². The van der Waals surface area contributed by atoms with Gasteiger partial charge in [0, 0.05) is 11.9 Å². The fourth-order valence-corrected chi connectivity index (χ4v) is 2.78. The Morgan fingerprint density at radius 1 is 1.23 bits per heavy atom. The van der Waals surface area contributed by atoms with Crippen LogP contribution in [0, 0.1) is 22.7 Å². The first kappa shape index (κ1) is 13.9. The molecule has 3 rings (SSSR count). The highest BCUT2D eigenvalue weighted by Gasteiger charge is 2.22. The highest BCUT2D eigenvalue weighted by Crippen LogP contribution is 2.27. The Labute approximate surface area is 129 Å². The number of hydrogen-bond donors (Lipinski definition) is 1. The Morgan fingerprint density at radius 3 is 2.73 bits per heavy atom. The van der Waals surface area contributed by atoms with Gasteiger partial charge in [-0.25, -0.2) is 4.68 Å². The highest BCUT2D eigenvalue weighted by molar-refractivity contribution is 5.40. The van der Waals surface area contributed by atoms with Crippen molar-refractivity contribution in [1.29, 1.82) is 10.5 Å². The van der Waals surface area contributed by atoms with Crippen LogP contribution in [0.3, 0.4) is 0 Å². The van der Waals surface area contributed by atoms with Gasteiger partial charge in [-0.1, -0.05) is 18.2 Å². The van der Waals surface area contributed by atoms with Crippen molar-refractivity contribution in [2.24, 2.45) is 0 Å². The summed E-state index contributed by atoms with van der Waals surface area (Å²) in [6, 6.07) is 13.8. The van der Waals surface area contributed by atoms with Crippen LogP contribution in [-0.4, -0.2) is 9.78 Å². The molecule has 0 bridgehead atoms. The molecule has 5 nitrogen and oxygen atoms in total. The molecular formula is C17H15N5. The van der Waals surface area contributed by atoms with E-state index in [0.29, 0.717) is 6.54 Å². The van der Waals surface area contributed by atoms with Gasteiger partial charge in [0.15, 0.2) is 0 Å². The zero-order chi connectivity index (χ0) is 15.4. The molecule has 0 aliphatic heterocycles. The lowest BCUT2D eigenvalue weighted by atomic mass is 10.2. The molecule has 0 atom stereocenters. The second-order valence-electron chi connectivity index (χ2n) is 5.14. The number of nitrogens with one attached hydrogen (secondary N) is 1. The summed E-state index contributed by atoms with van der Waals surface area (Å²) in [5.41, 5.74) is 4.69. The maximum atomic E-state index is 8.73. The van der Waals surface area contributed by atoms with Crippen LogP contribution in [0.5, 0.6) is 0 Å². The van der Waals surface area contributed by atoms with Crippen LogP contribution in [0.2, 0.25) is 0 Å². The maximum Gasteiger partial charge on any atom is 0.145 e. The van der Waals surface area contributed by atoms with E-state index < -0.39 is 0 Å². The van der Waals surface area contributed by atoms with Crippen molar-refractivity contribution in [3.63, 3.8) is 0 Å². The molecule has 1 N–H and O–H groups in total. The number of benzene rings is 1. The third-order valence-electron chi connectivity index (χ3n) is 3.77. The molecule has 1 heterocycles. The Hall–Kier alpha value is -3.05. The first-order valence-electron chi connectivity index (χ1n) is 7.22. The summed E-state index contributed by atoms with van der Waals surface area (Å²) < 4.78 is 2.01. The number of para-hydroxylation sites is 1. The number of hydrogen-bond acceptors (Lipinski definition) is 4. The lowest BCUT2D eigenvalue weighted by Crippen LogP contribution is -2.08. The summed E-state index contributed by atoms with van der Waals surface area (Å²) in [5, 5.41) is 25.2. The zero-order valence-electron chi connectivity index (χ0n) is 12.1. The summed E-state index contributed by atoms with van der Waals surface area (Å²) in [7, 11) is 0. The van der Waals surface area contributed by atoms with Crippen LogP contribution < -0.4 is 5.32 Å². The number of aromatic nitrogens is 2. The monoisotopic (exact) mass is 289 g/mol. The van der Waals surface area contributed by atoms with Crippen LogP contribution in [0.25, 0.3) is 5.69 Å². The molecule has 108 valence electrons. The van der Waals surface area contributed by atoms with E-state index in [9.17, 15) is 0 Å². The van der Waals surface area contributed by atoms with E-state index in [1.807, 2.05) is 47.2 Å². The van der Waals surface area contributed by atoms with E-state index in [0.717, 1.165) is 30.6 Å². The molecule has 2 aromatic rings. The van der Waals surface area contributed by atoms with Crippen LogP contribution in [0.15, 0.2) is 42.1 Å². The second-order valence-corrected chi connectivity index (χ2v) is 5.14. The first-order valence-corrected chi connectivity index (χ1v) is 7.22. The molecule has 22 heavy (non-hydrogen) atoms.